The van der Waals surface area contributed by atoms with E-state index in [1.807, 2.05) is 24.3 Å². The number of aromatic nitrogens is 4. The van der Waals surface area contributed by atoms with Crippen LogP contribution in [0.3, 0.4) is 0 Å². The number of hydrogen-bond donors (Lipinski definition) is 0. The fourth-order valence-electron chi connectivity index (χ4n) is 6.88. The maximum absolute atomic E-state index is 5.14. The molecule has 0 N–H and O–H groups in total. The molecule has 0 aliphatic rings. The summed E-state index contributed by atoms with van der Waals surface area (Å²) in [5.74, 6) is 0. The van der Waals surface area contributed by atoms with Crippen LogP contribution in [0.25, 0.3) is 86.5 Å². The number of para-hydroxylation sites is 6. The highest BCUT2D eigenvalue weighted by Crippen LogP contribution is 2.42. The molecule has 4 aromatic heterocycles. The summed E-state index contributed by atoms with van der Waals surface area (Å²) >= 11 is 1.72. The van der Waals surface area contributed by atoms with E-state index in [2.05, 4.69) is 118 Å². The van der Waals surface area contributed by atoms with E-state index in [-0.39, 0.29) is 0 Å². The number of nitrogens with zero attached hydrogens (tertiary/aromatic N) is 4. The van der Waals surface area contributed by atoms with Gasteiger partial charge in [0.05, 0.1) is 44.5 Å². The van der Waals surface area contributed by atoms with Crippen LogP contribution in [0, 0.1) is 0 Å². The summed E-state index contributed by atoms with van der Waals surface area (Å²) in [6.45, 7) is 0. The summed E-state index contributed by atoms with van der Waals surface area (Å²) in [6, 6.07) is 47.7. The van der Waals surface area contributed by atoms with Gasteiger partial charge in [-0.05, 0) is 48.5 Å². The summed E-state index contributed by atoms with van der Waals surface area (Å²) in [5, 5.41) is 6.11. The first-order valence-corrected chi connectivity index (χ1v) is 15.3. The van der Waals surface area contributed by atoms with Gasteiger partial charge in [0, 0.05) is 31.6 Å². The average molecular weight is 567 g/mol. The molecule has 4 nitrogen and oxygen atoms in total. The molecule has 0 atom stereocenters. The molecule has 10 rings (SSSR count). The molecule has 200 valence electrons. The molecule has 6 aromatic carbocycles. The molecular formula is C38H22N4S. The predicted octanol–water partition coefficient (Wildman–Crippen LogP) is 10.2. The van der Waals surface area contributed by atoms with Crippen LogP contribution in [0.1, 0.15) is 0 Å². The topological polar surface area (TPSA) is 35.6 Å². The second kappa shape index (κ2) is 8.51. The molecule has 0 fully saturated rings. The third-order valence-corrected chi connectivity index (χ3v) is 9.75. The largest absolute Gasteiger partial charge is 0.307 e. The van der Waals surface area contributed by atoms with Crippen LogP contribution in [-0.2, 0) is 0 Å². The number of fused-ring (bicyclic) bond motifs is 10. The smallest absolute Gasteiger partial charge is 0.143 e. The van der Waals surface area contributed by atoms with Gasteiger partial charge in [0.15, 0.2) is 0 Å². The first-order chi connectivity index (χ1) is 21.3. The van der Waals surface area contributed by atoms with Crippen molar-refractivity contribution in [1.29, 1.82) is 0 Å². The van der Waals surface area contributed by atoms with E-state index >= 15 is 0 Å². The normalized spacial score (nSPS) is 12.2. The third-order valence-electron chi connectivity index (χ3n) is 8.72. The number of hydrogen-bond acceptors (Lipinski definition) is 3. The highest BCUT2D eigenvalue weighted by molar-refractivity contribution is 7.25. The number of thiophene rings is 1. The summed E-state index contributed by atoms with van der Waals surface area (Å²) in [5.41, 5.74) is 9.78. The SMILES string of the molecule is c1ccc2nc3c(nc2c1)sc1cc(-n2c4ccccc4c4ccccc42)c(-n2c4ccccc4c4ccccc42)cc13. The van der Waals surface area contributed by atoms with Crippen molar-refractivity contribution >= 4 is 86.4 Å². The van der Waals surface area contributed by atoms with Crippen molar-refractivity contribution in [2.24, 2.45) is 0 Å². The minimum absolute atomic E-state index is 0.916. The molecule has 0 saturated carbocycles. The Bertz CT molecular complexity index is 2640. The Balaban J connectivity index is 1.43. The van der Waals surface area contributed by atoms with Gasteiger partial charge in [-0.1, -0.05) is 84.9 Å². The van der Waals surface area contributed by atoms with Gasteiger partial charge >= 0.3 is 0 Å². The van der Waals surface area contributed by atoms with Gasteiger partial charge in [0.2, 0.25) is 0 Å². The van der Waals surface area contributed by atoms with Crippen LogP contribution in [0.5, 0.6) is 0 Å². The second-order valence-electron chi connectivity index (χ2n) is 11.0. The van der Waals surface area contributed by atoms with Crippen molar-refractivity contribution in [2.75, 3.05) is 0 Å². The molecule has 0 saturated heterocycles. The van der Waals surface area contributed by atoms with Crippen LogP contribution >= 0.6 is 11.3 Å². The van der Waals surface area contributed by atoms with Gasteiger partial charge in [-0.15, -0.1) is 11.3 Å². The molecule has 0 radical (unpaired) electrons. The number of rotatable bonds is 2. The highest BCUT2D eigenvalue weighted by atomic mass is 32.1. The summed E-state index contributed by atoms with van der Waals surface area (Å²) < 4.78 is 6.04. The monoisotopic (exact) mass is 566 g/mol. The molecule has 10 aromatic rings. The van der Waals surface area contributed by atoms with E-state index in [4.69, 9.17) is 9.97 Å². The molecule has 0 bridgehead atoms. The fraction of sp³-hybridized carbons (Fsp3) is 0. The summed E-state index contributed by atoms with van der Waals surface area (Å²) in [6.07, 6.45) is 0. The Morgan fingerprint density at radius 2 is 0.837 bits per heavy atom. The Kier molecular flexibility index (Phi) is 4.57. The van der Waals surface area contributed by atoms with Crippen LogP contribution in [0.15, 0.2) is 133 Å². The predicted molar refractivity (Wildman–Crippen MR) is 181 cm³/mol. The molecule has 0 aliphatic heterocycles. The Morgan fingerprint density at radius 1 is 0.419 bits per heavy atom. The van der Waals surface area contributed by atoms with Crippen LogP contribution in [0.4, 0.5) is 0 Å². The van der Waals surface area contributed by atoms with Gasteiger partial charge in [-0.25, -0.2) is 9.97 Å². The van der Waals surface area contributed by atoms with Crippen molar-refractivity contribution in [3.8, 4) is 11.4 Å². The van der Waals surface area contributed by atoms with Gasteiger partial charge in [-0.2, -0.15) is 0 Å². The lowest BCUT2D eigenvalue weighted by atomic mass is 10.1. The lowest BCUT2D eigenvalue weighted by Crippen LogP contribution is -2.03. The quantitative estimate of drug-likeness (QED) is 0.209. The van der Waals surface area contributed by atoms with Crippen molar-refractivity contribution in [2.45, 2.75) is 0 Å². The maximum atomic E-state index is 5.14. The van der Waals surface area contributed by atoms with Crippen LogP contribution in [-0.4, -0.2) is 19.1 Å². The molecular weight excluding hydrogens is 545 g/mol. The molecule has 0 aliphatic carbocycles. The van der Waals surface area contributed by atoms with E-state index in [0.29, 0.717) is 0 Å². The zero-order valence-corrected chi connectivity index (χ0v) is 23.7. The van der Waals surface area contributed by atoms with E-state index in [1.165, 1.54) is 48.3 Å². The molecule has 4 heterocycles. The fourth-order valence-corrected chi connectivity index (χ4v) is 7.92. The summed E-state index contributed by atoms with van der Waals surface area (Å²) in [7, 11) is 0. The Morgan fingerprint density at radius 3 is 1.35 bits per heavy atom. The summed E-state index contributed by atoms with van der Waals surface area (Å²) in [4.78, 5) is 11.1. The van der Waals surface area contributed by atoms with Crippen LogP contribution in [0.2, 0.25) is 0 Å². The van der Waals surface area contributed by atoms with E-state index in [9.17, 15) is 0 Å². The minimum Gasteiger partial charge on any atom is -0.307 e. The molecule has 0 unspecified atom stereocenters. The van der Waals surface area contributed by atoms with Crippen molar-refractivity contribution in [3.63, 3.8) is 0 Å². The van der Waals surface area contributed by atoms with E-state index in [0.717, 1.165) is 38.1 Å². The van der Waals surface area contributed by atoms with Crippen LogP contribution < -0.4 is 0 Å². The van der Waals surface area contributed by atoms with Gasteiger partial charge in [0.25, 0.3) is 0 Å². The second-order valence-corrected chi connectivity index (χ2v) is 12.1. The van der Waals surface area contributed by atoms with Gasteiger partial charge < -0.3 is 9.13 Å². The van der Waals surface area contributed by atoms with E-state index in [1.54, 1.807) is 11.3 Å². The van der Waals surface area contributed by atoms with Crippen molar-refractivity contribution < 1.29 is 0 Å². The highest BCUT2D eigenvalue weighted by Gasteiger charge is 2.21. The average Bonchev–Trinajstić information content (AvgIpc) is 3.70. The first-order valence-electron chi connectivity index (χ1n) is 14.4. The van der Waals surface area contributed by atoms with Crippen molar-refractivity contribution in [1.82, 2.24) is 19.1 Å². The van der Waals surface area contributed by atoms with Crippen molar-refractivity contribution in [3.05, 3.63) is 133 Å². The van der Waals surface area contributed by atoms with Gasteiger partial charge in [0.1, 0.15) is 10.3 Å². The van der Waals surface area contributed by atoms with Gasteiger partial charge in [-0.3, -0.25) is 0 Å². The Hall–Kier alpha value is -5.52. The molecule has 5 heteroatoms. The molecule has 0 amide bonds. The standard InChI is InChI=1S/C38H22N4S/c1-7-17-30-23(11-1)24-12-2-8-18-31(24)41(30)34-21-27-36(43-38-37(27)39-28-15-5-6-16-29(28)40-38)22-35(34)42-32-19-9-3-13-25(32)26-14-4-10-20-33(26)42/h1-22H. The number of benzene rings is 6. The lowest BCUT2D eigenvalue weighted by Gasteiger charge is -2.17. The molecule has 0 spiro atoms. The first kappa shape index (κ1) is 23.1. The Labute approximate surface area is 249 Å². The zero-order chi connectivity index (χ0) is 28.1. The third kappa shape index (κ3) is 3.14. The maximum Gasteiger partial charge on any atom is 0.143 e. The minimum atomic E-state index is 0.916. The lowest BCUT2D eigenvalue weighted by molar-refractivity contribution is 1.10. The zero-order valence-electron chi connectivity index (χ0n) is 22.9. The molecule has 43 heavy (non-hydrogen) atoms. The van der Waals surface area contributed by atoms with E-state index < -0.39 is 0 Å².